The van der Waals surface area contributed by atoms with Crippen LogP contribution in [0.25, 0.3) is 33.4 Å². The third-order valence-corrected chi connectivity index (χ3v) is 9.85. The van der Waals surface area contributed by atoms with Crippen LogP contribution in [0.4, 0.5) is 17.1 Å². The molecule has 208 valence electrons. The predicted octanol–water partition coefficient (Wildman–Crippen LogP) is 11.4. The van der Waals surface area contributed by atoms with Crippen molar-refractivity contribution in [3.8, 4) is 33.4 Å². The van der Waals surface area contributed by atoms with E-state index in [0.29, 0.717) is 0 Å². The van der Waals surface area contributed by atoms with Gasteiger partial charge in [-0.3, -0.25) is 0 Å². The number of anilines is 3. The van der Waals surface area contributed by atoms with Gasteiger partial charge in [-0.25, -0.2) is 0 Å². The minimum Gasteiger partial charge on any atom is -0.310 e. The summed E-state index contributed by atoms with van der Waals surface area (Å²) in [4.78, 5) is 2.37. The first-order chi connectivity index (χ1) is 20.9. The van der Waals surface area contributed by atoms with E-state index >= 15 is 0 Å². The van der Waals surface area contributed by atoms with E-state index in [1.165, 1.54) is 61.3 Å². The molecule has 0 unspecified atom stereocenters. The maximum Gasteiger partial charge on any atom is 0.0465 e. The summed E-state index contributed by atoms with van der Waals surface area (Å²) >= 11 is 0. The van der Waals surface area contributed by atoms with Crippen molar-refractivity contribution in [2.24, 2.45) is 0 Å². The second-order valence-corrected chi connectivity index (χ2v) is 13.0. The van der Waals surface area contributed by atoms with Crippen molar-refractivity contribution in [3.05, 3.63) is 162 Å². The summed E-state index contributed by atoms with van der Waals surface area (Å²) in [6.07, 6.45) is 0. The molecule has 6 aromatic rings. The molecule has 0 atom stereocenters. The van der Waals surface area contributed by atoms with Crippen molar-refractivity contribution >= 4 is 17.1 Å². The average Bonchev–Trinajstić information content (AvgIpc) is 3.41. The maximum atomic E-state index is 2.52. The SMILES string of the molecule is CC1(C)c2cc(N(c3ccccc3)c3ccccc3)ccc2-c2cc3c(cc21)-c1c(-c2ccccc2)cccc1C3(C)C. The molecule has 0 saturated heterocycles. The molecule has 2 aliphatic rings. The molecule has 43 heavy (non-hydrogen) atoms. The van der Waals surface area contributed by atoms with Gasteiger partial charge in [0.2, 0.25) is 0 Å². The van der Waals surface area contributed by atoms with Crippen molar-refractivity contribution in [1.29, 1.82) is 0 Å². The van der Waals surface area contributed by atoms with Crippen LogP contribution in [-0.4, -0.2) is 0 Å². The summed E-state index contributed by atoms with van der Waals surface area (Å²) in [6.45, 7) is 9.57. The molecular formula is C42H35N. The zero-order chi connectivity index (χ0) is 29.3. The van der Waals surface area contributed by atoms with Gasteiger partial charge in [0.25, 0.3) is 0 Å². The van der Waals surface area contributed by atoms with E-state index in [0.717, 1.165) is 11.4 Å². The molecule has 1 heteroatoms. The van der Waals surface area contributed by atoms with E-state index in [-0.39, 0.29) is 10.8 Å². The molecule has 8 rings (SSSR count). The van der Waals surface area contributed by atoms with Gasteiger partial charge in [-0.2, -0.15) is 0 Å². The van der Waals surface area contributed by atoms with E-state index in [1.54, 1.807) is 0 Å². The Morgan fingerprint density at radius 3 is 1.56 bits per heavy atom. The molecule has 0 aromatic heterocycles. The molecule has 0 bridgehead atoms. The highest BCUT2D eigenvalue weighted by Gasteiger charge is 2.42. The molecule has 0 radical (unpaired) electrons. The number of para-hydroxylation sites is 2. The fraction of sp³-hybridized carbons (Fsp3) is 0.143. The zero-order valence-corrected chi connectivity index (χ0v) is 25.2. The van der Waals surface area contributed by atoms with E-state index in [1.807, 2.05) is 0 Å². The molecular weight excluding hydrogens is 518 g/mol. The van der Waals surface area contributed by atoms with Gasteiger partial charge < -0.3 is 4.90 Å². The Bertz CT molecular complexity index is 1960. The summed E-state index contributed by atoms with van der Waals surface area (Å²) in [7, 11) is 0. The van der Waals surface area contributed by atoms with Crippen LogP contribution >= 0.6 is 0 Å². The van der Waals surface area contributed by atoms with Crippen molar-refractivity contribution < 1.29 is 0 Å². The Morgan fingerprint density at radius 1 is 0.372 bits per heavy atom. The summed E-state index contributed by atoms with van der Waals surface area (Å²) < 4.78 is 0. The highest BCUT2D eigenvalue weighted by atomic mass is 15.1. The first kappa shape index (κ1) is 25.8. The second kappa shape index (κ2) is 9.31. The third-order valence-electron chi connectivity index (χ3n) is 9.85. The Hall–Kier alpha value is -4.88. The molecule has 6 aromatic carbocycles. The predicted molar refractivity (Wildman–Crippen MR) is 182 cm³/mol. The molecule has 0 fully saturated rings. The Morgan fingerprint density at radius 2 is 0.907 bits per heavy atom. The maximum absolute atomic E-state index is 2.52. The standard InChI is InChI=1S/C42H35N/c1-41(2)36-22-14-21-32(28-15-8-5-9-16-28)40(36)35-27-38-34(26-39(35)41)33-24-23-31(25-37(33)42(38,3)4)43(29-17-10-6-11-18-29)30-19-12-7-13-20-30/h5-27H,1-4H3. The molecule has 0 aliphatic heterocycles. The second-order valence-electron chi connectivity index (χ2n) is 13.0. The molecule has 0 spiro atoms. The number of rotatable bonds is 4. The van der Waals surface area contributed by atoms with Gasteiger partial charge in [-0.1, -0.05) is 119 Å². The van der Waals surface area contributed by atoms with Gasteiger partial charge in [0.05, 0.1) is 0 Å². The average molecular weight is 554 g/mol. The van der Waals surface area contributed by atoms with E-state index in [4.69, 9.17) is 0 Å². The van der Waals surface area contributed by atoms with Crippen LogP contribution in [0.15, 0.2) is 140 Å². The van der Waals surface area contributed by atoms with Crippen molar-refractivity contribution in [1.82, 2.24) is 0 Å². The van der Waals surface area contributed by atoms with Crippen molar-refractivity contribution in [2.45, 2.75) is 38.5 Å². The Labute approximate surface area is 255 Å². The molecule has 0 N–H and O–H groups in total. The number of hydrogen-bond acceptors (Lipinski definition) is 1. The van der Waals surface area contributed by atoms with Crippen LogP contribution in [0.2, 0.25) is 0 Å². The zero-order valence-electron chi connectivity index (χ0n) is 25.2. The fourth-order valence-electron chi connectivity index (χ4n) is 7.60. The summed E-state index contributed by atoms with van der Waals surface area (Å²) in [5.41, 5.74) is 17.0. The minimum absolute atomic E-state index is 0.0747. The number of benzene rings is 6. The number of nitrogens with zero attached hydrogens (tertiary/aromatic N) is 1. The van der Waals surface area contributed by atoms with E-state index < -0.39 is 0 Å². The highest BCUT2D eigenvalue weighted by molar-refractivity contribution is 5.96. The van der Waals surface area contributed by atoms with Crippen molar-refractivity contribution in [2.75, 3.05) is 4.90 Å². The summed E-state index contributed by atoms with van der Waals surface area (Å²) in [5, 5.41) is 0. The normalized spacial score (nSPS) is 14.9. The largest absolute Gasteiger partial charge is 0.310 e. The highest BCUT2D eigenvalue weighted by Crippen LogP contribution is 2.58. The lowest BCUT2D eigenvalue weighted by Gasteiger charge is -2.28. The molecule has 0 amide bonds. The Kier molecular flexibility index (Phi) is 5.59. The molecule has 0 saturated carbocycles. The van der Waals surface area contributed by atoms with Gasteiger partial charge in [-0.05, 0) is 104 Å². The molecule has 0 heterocycles. The Balaban J connectivity index is 1.31. The van der Waals surface area contributed by atoms with Crippen LogP contribution in [0.3, 0.4) is 0 Å². The topological polar surface area (TPSA) is 3.24 Å². The van der Waals surface area contributed by atoms with Gasteiger partial charge in [0.15, 0.2) is 0 Å². The number of hydrogen-bond donors (Lipinski definition) is 0. The van der Waals surface area contributed by atoms with Gasteiger partial charge in [-0.15, -0.1) is 0 Å². The smallest absolute Gasteiger partial charge is 0.0465 e. The fourth-order valence-corrected chi connectivity index (χ4v) is 7.60. The lowest BCUT2D eigenvalue weighted by atomic mass is 9.79. The van der Waals surface area contributed by atoms with E-state index in [2.05, 4.69) is 172 Å². The minimum atomic E-state index is -0.136. The first-order valence-corrected chi connectivity index (χ1v) is 15.3. The monoisotopic (exact) mass is 553 g/mol. The van der Waals surface area contributed by atoms with Crippen LogP contribution in [-0.2, 0) is 10.8 Å². The van der Waals surface area contributed by atoms with Crippen LogP contribution < -0.4 is 4.90 Å². The summed E-state index contributed by atoms with van der Waals surface area (Å²) in [5.74, 6) is 0. The van der Waals surface area contributed by atoms with Crippen LogP contribution in [0.1, 0.15) is 49.9 Å². The quantitative estimate of drug-likeness (QED) is 0.210. The van der Waals surface area contributed by atoms with Crippen LogP contribution in [0, 0.1) is 0 Å². The van der Waals surface area contributed by atoms with Gasteiger partial charge >= 0.3 is 0 Å². The number of fused-ring (bicyclic) bond motifs is 6. The third kappa shape index (κ3) is 3.78. The lowest BCUT2D eigenvalue weighted by molar-refractivity contribution is 0.652. The summed E-state index contributed by atoms with van der Waals surface area (Å²) in [6, 6.07) is 51.2. The molecule has 2 aliphatic carbocycles. The van der Waals surface area contributed by atoms with Crippen molar-refractivity contribution in [3.63, 3.8) is 0 Å². The van der Waals surface area contributed by atoms with Gasteiger partial charge in [0, 0.05) is 27.9 Å². The van der Waals surface area contributed by atoms with Gasteiger partial charge in [0.1, 0.15) is 0 Å². The lowest BCUT2D eigenvalue weighted by Crippen LogP contribution is -2.17. The van der Waals surface area contributed by atoms with Crippen LogP contribution in [0.5, 0.6) is 0 Å². The van der Waals surface area contributed by atoms with E-state index in [9.17, 15) is 0 Å². The first-order valence-electron chi connectivity index (χ1n) is 15.3. The molecule has 1 nitrogen and oxygen atoms in total.